The van der Waals surface area contributed by atoms with Gasteiger partial charge in [0.25, 0.3) is 0 Å². The van der Waals surface area contributed by atoms with Gasteiger partial charge in [0, 0.05) is 0 Å². The van der Waals surface area contributed by atoms with Gasteiger partial charge in [0.05, 0.1) is 10.0 Å². The lowest BCUT2D eigenvalue weighted by Crippen LogP contribution is -1.79. The number of aryl methyl sites for hydroxylation is 4. The molecule has 0 radical (unpaired) electrons. The first-order chi connectivity index (χ1) is 9.40. The fourth-order valence-corrected chi connectivity index (χ4v) is 1.85. The summed E-state index contributed by atoms with van der Waals surface area (Å²) in [6, 6.07) is 12.1. The largest absolute Gasteiger partial charge is 0.0827 e. The van der Waals surface area contributed by atoms with E-state index in [1.165, 1.54) is 16.7 Å². The first kappa shape index (κ1) is 19.0. The van der Waals surface area contributed by atoms with Crippen molar-refractivity contribution in [3.05, 3.63) is 68.7 Å². The molecule has 0 aliphatic rings. The normalized spacial score (nSPS) is 9.00. The van der Waals surface area contributed by atoms with Crippen LogP contribution in [0.1, 0.15) is 36.1 Å². The molecule has 110 valence electrons. The Morgan fingerprint density at radius 1 is 0.600 bits per heavy atom. The third-order valence-corrected chi connectivity index (χ3v) is 3.48. The van der Waals surface area contributed by atoms with Crippen LogP contribution in [0.4, 0.5) is 0 Å². The van der Waals surface area contributed by atoms with Gasteiger partial charge in [-0.1, -0.05) is 66.9 Å². The Labute approximate surface area is 133 Å². The molecule has 0 aromatic heterocycles. The third kappa shape index (κ3) is 6.98. The Kier molecular flexibility index (Phi) is 9.37. The highest BCUT2D eigenvalue weighted by atomic mass is 35.5. The average Bonchev–Trinajstić information content (AvgIpc) is 2.42. The Morgan fingerprint density at radius 3 is 1.50 bits per heavy atom. The van der Waals surface area contributed by atoms with E-state index in [0.29, 0.717) is 10.0 Å². The summed E-state index contributed by atoms with van der Waals surface area (Å²) in [6.07, 6.45) is 0. The molecule has 0 amide bonds. The SMILES string of the molecule is CC.Cc1ccc(C)c(C)c1.Cc1ccc(Cl)c(Cl)c1. The van der Waals surface area contributed by atoms with Crippen molar-refractivity contribution in [3.63, 3.8) is 0 Å². The van der Waals surface area contributed by atoms with Crippen LogP contribution in [-0.2, 0) is 0 Å². The molecule has 2 aromatic carbocycles. The van der Waals surface area contributed by atoms with Gasteiger partial charge in [0.1, 0.15) is 0 Å². The maximum absolute atomic E-state index is 5.68. The van der Waals surface area contributed by atoms with E-state index in [1.807, 2.05) is 32.9 Å². The standard InChI is InChI=1S/C9H12.C7H6Cl2.C2H6/c1-7-4-5-8(2)9(3)6-7;1-5-2-3-6(8)7(9)4-5;1-2/h4-6H,1-3H3;2-4H,1H3;1-2H3. The Morgan fingerprint density at radius 2 is 1.10 bits per heavy atom. The summed E-state index contributed by atoms with van der Waals surface area (Å²) in [5, 5.41) is 1.24. The second-order valence-electron chi connectivity index (χ2n) is 4.51. The quantitative estimate of drug-likeness (QED) is 0.494. The van der Waals surface area contributed by atoms with Gasteiger partial charge in [0.15, 0.2) is 0 Å². The molecule has 0 saturated carbocycles. The molecule has 0 fully saturated rings. The zero-order chi connectivity index (χ0) is 15.7. The van der Waals surface area contributed by atoms with Crippen LogP contribution in [-0.4, -0.2) is 0 Å². The van der Waals surface area contributed by atoms with Gasteiger partial charge >= 0.3 is 0 Å². The van der Waals surface area contributed by atoms with Crippen LogP contribution in [0.2, 0.25) is 10.0 Å². The van der Waals surface area contributed by atoms with Crippen molar-refractivity contribution < 1.29 is 0 Å². The zero-order valence-corrected chi connectivity index (χ0v) is 14.7. The molecule has 2 rings (SSSR count). The van der Waals surface area contributed by atoms with E-state index < -0.39 is 0 Å². The van der Waals surface area contributed by atoms with Crippen molar-refractivity contribution in [2.24, 2.45) is 0 Å². The Bertz CT molecular complexity index is 481. The highest BCUT2D eigenvalue weighted by Crippen LogP contribution is 2.21. The molecule has 0 bridgehead atoms. The number of benzene rings is 2. The lowest BCUT2D eigenvalue weighted by atomic mass is 10.1. The number of rotatable bonds is 0. The predicted octanol–water partition coefficient (Wildman–Crippen LogP) is 6.94. The van der Waals surface area contributed by atoms with Crippen molar-refractivity contribution in [2.45, 2.75) is 41.5 Å². The second-order valence-corrected chi connectivity index (χ2v) is 5.32. The van der Waals surface area contributed by atoms with E-state index in [0.717, 1.165) is 5.56 Å². The van der Waals surface area contributed by atoms with Crippen molar-refractivity contribution in [3.8, 4) is 0 Å². The molecule has 0 aliphatic heterocycles. The second kappa shape index (κ2) is 9.85. The van der Waals surface area contributed by atoms with Gasteiger partial charge in [-0.15, -0.1) is 0 Å². The molecule has 0 atom stereocenters. The van der Waals surface area contributed by atoms with E-state index in [-0.39, 0.29) is 0 Å². The smallest absolute Gasteiger partial charge is 0.0594 e. The molecule has 0 N–H and O–H groups in total. The van der Waals surface area contributed by atoms with Gasteiger partial charge in [-0.05, 0) is 56.5 Å². The van der Waals surface area contributed by atoms with Crippen molar-refractivity contribution in [2.75, 3.05) is 0 Å². The highest BCUT2D eigenvalue weighted by molar-refractivity contribution is 6.41. The monoisotopic (exact) mass is 310 g/mol. The van der Waals surface area contributed by atoms with Gasteiger partial charge in [-0.2, -0.15) is 0 Å². The van der Waals surface area contributed by atoms with Gasteiger partial charge in [0.2, 0.25) is 0 Å². The summed E-state index contributed by atoms with van der Waals surface area (Å²) >= 11 is 11.3. The lowest BCUT2D eigenvalue weighted by Gasteiger charge is -1.98. The number of hydrogen-bond donors (Lipinski definition) is 0. The van der Waals surface area contributed by atoms with Crippen LogP contribution < -0.4 is 0 Å². The predicted molar refractivity (Wildman–Crippen MR) is 93.2 cm³/mol. The van der Waals surface area contributed by atoms with Gasteiger partial charge in [-0.25, -0.2) is 0 Å². The maximum atomic E-state index is 5.68. The summed E-state index contributed by atoms with van der Waals surface area (Å²) in [5.41, 5.74) is 5.23. The number of hydrogen-bond acceptors (Lipinski definition) is 0. The highest BCUT2D eigenvalue weighted by Gasteiger charge is 1.93. The van der Waals surface area contributed by atoms with E-state index in [1.54, 1.807) is 6.07 Å². The summed E-state index contributed by atoms with van der Waals surface area (Å²) in [6.45, 7) is 12.4. The fourth-order valence-electron chi connectivity index (χ4n) is 1.49. The Hall–Kier alpha value is -0.980. The third-order valence-electron chi connectivity index (χ3n) is 2.74. The van der Waals surface area contributed by atoms with Crippen molar-refractivity contribution >= 4 is 23.2 Å². The first-order valence-corrected chi connectivity index (χ1v) is 7.61. The topological polar surface area (TPSA) is 0 Å². The summed E-state index contributed by atoms with van der Waals surface area (Å²) < 4.78 is 0. The van der Waals surface area contributed by atoms with Crippen molar-refractivity contribution in [1.29, 1.82) is 0 Å². The molecule has 0 aliphatic carbocycles. The Balaban J connectivity index is 0.000000321. The van der Waals surface area contributed by atoms with Crippen LogP contribution in [0, 0.1) is 27.7 Å². The molecule has 2 aromatic rings. The van der Waals surface area contributed by atoms with E-state index >= 15 is 0 Å². The molecule has 20 heavy (non-hydrogen) atoms. The average molecular weight is 311 g/mol. The molecule has 0 unspecified atom stereocenters. The minimum absolute atomic E-state index is 0.613. The molecular formula is C18H24Cl2. The molecule has 2 heteroatoms. The number of halogens is 2. The molecule has 0 heterocycles. The first-order valence-electron chi connectivity index (χ1n) is 6.85. The molecule has 0 spiro atoms. The summed E-state index contributed by atoms with van der Waals surface area (Å²) in [4.78, 5) is 0. The zero-order valence-electron chi connectivity index (χ0n) is 13.2. The minimum atomic E-state index is 0.613. The molecule has 0 saturated heterocycles. The fraction of sp³-hybridized carbons (Fsp3) is 0.333. The van der Waals surface area contributed by atoms with Crippen LogP contribution in [0.25, 0.3) is 0 Å². The van der Waals surface area contributed by atoms with Gasteiger partial charge in [-0.3, -0.25) is 0 Å². The summed E-state index contributed by atoms with van der Waals surface area (Å²) in [7, 11) is 0. The van der Waals surface area contributed by atoms with Crippen LogP contribution in [0.15, 0.2) is 36.4 Å². The molecular weight excluding hydrogens is 287 g/mol. The van der Waals surface area contributed by atoms with Crippen LogP contribution in [0.3, 0.4) is 0 Å². The van der Waals surface area contributed by atoms with Gasteiger partial charge < -0.3 is 0 Å². The van der Waals surface area contributed by atoms with Crippen molar-refractivity contribution in [1.82, 2.24) is 0 Å². The minimum Gasteiger partial charge on any atom is -0.0827 e. The van der Waals surface area contributed by atoms with Crippen LogP contribution >= 0.6 is 23.2 Å². The lowest BCUT2D eigenvalue weighted by molar-refractivity contribution is 1.30. The molecule has 0 nitrogen and oxygen atoms in total. The summed E-state index contributed by atoms with van der Waals surface area (Å²) in [5.74, 6) is 0. The van der Waals surface area contributed by atoms with E-state index in [2.05, 4.69) is 39.0 Å². The van der Waals surface area contributed by atoms with E-state index in [9.17, 15) is 0 Å². The van der Waals surface area contributed by atoms with Crippen LogP contribution in [0.5, 0.6) is 0 Å². The maximum Gasteiger partial charge on any atom is 0.0594 e. The van der Waals surface area contributed by atoms with E-state index in [4.69, 9.17) is 23.2 Å².